The molecule has 7 atom stereocenters. The molecule has 4 saturated carbocycles. The fraction of sp³-hybridized carbons (Fsp3) is 0.957. The van der Waals surface area contributed by atoms with Crippen LogP contribution in [0.5, 0.6) is 0 Å². The van der Waals surface area contributed by atoms with Crippen LogP contribution in [-0.2, 0) is 14.2 Å². The van der Waals surface area contributed by atoms with Gasteiger partial charge in [0, 0.05) is 11.8 Å². The highest BCUT2D eigenvalue weighted by atomic mass is 16.7. The van der Waals surface area contributed by atoms with E-state index in [1.165, 1.54) is 38.5 Å². The highest BCUT2D eigenvalue weighted by molar-refractivity contribution is 5.70. The minimum atomic E-state index is -0.291. The van der Waals surface area contributed by atoms with E-state index in [1.54, 1.807) is 0 Å². The van der Waals surface area contributed by atoms with Crippen molar-refractivity contribution in [2.24, 2.45) is 34.5 Å². The van der Waals surface area contributed by atoms with Crippen LogP contribution in [0.3, 0.4) is 0 Å². The molecule has 5 nitrogen and oxygen atoms in total. The lowest BCUT2D eigenvalue weighted by Gasteiger charge is -2.62. The molecule has 2 aliphatic heterocycles. The van der Waals surface area contributed by atoms with E-state index in [0.29, 0.717) is 17.9 Å². The third-order valence-corrected chi connectivity index (χ3v) is 10.5. The molecule has 28 heavy (non-hydrogen) atoms. The zero-order valence-electron chi connectivity index (χ0n) is 17.4. The van der Waals surface area contributed by atoms with Gasteiger partial charge in [-0.1, -0.05) is 13.8 Å². The maximum absolute atomic E-state index is 11.7. The molecule has 0 aromatic carbocycles. The third-order valence-electron chi connectivity index (χ3n) is 10.5. The van der Waals surface area contributed by atoms with Crippen molar-refractivity contribution in [1.82, 2.24) is 5.32 Å². The van der Waals surface area contributed by atoms with Crippen molar-refractivity contribution in [2.45, 2.75) is 83.0 Å². The summed E-state index contributed by atoms with van der Waals surface area (Å²) in [5.41, 5.74) is 0.368. The first-order valence-electron chi connectivity index (χ1n) is 11.6. The van der Waals surface area contributed by atoms with Crippen LogP contribution in [0.25, 0.3) is 0 Å². The van der Waals surface area contributed by atoms with Gasteiger partial charge in [0.05, 0.1) is 19.8 Å². The Morgan fingerprint density at radius 1 is 0.929 bits per heavy atom. The van der Waals surface area contributed by atoms with E-state index < -0.39 is 0 Å². The van der Waals surface area contributed by atoms with Gasteiger partial charge in [-0.3, -0.25) is 0 Å². The van der Waals surface area contributed by atoms with Crippen molar-refractivity contribution in [3.8, 4) is 0 Å². The first-order valence-corrected chi connectivity index (χ1v) is 11.6. The summed E-state index contributed by atoms with van der Waals surface area (Å²) in [6, 6.07) is 0. The second-order valence-corrected chi connectivity index (χ2v) is 11.2. The lowest BCUT2D eigenvalue weighted by molar-refractivity contribution is -0.248. The van der Waals surface area contributed by atoms with Gasteiger partial charge in [0.2, 0.25) is 0 Å². The van der Waals surface area contributed by atoms with Crippen LogP contribution in [0.15, 0.2) is 0 Å². The van der Waals surface area contributed by atoms with Crippen LogP contribution in [0.4, 0.5) is 4.79 Å². The standard InChI is InChI=1S/C23H35NO4/c1-20-9-10-22(14-24-19(25)28-22)13-15(20)3-4-16-17(20)5-7-21(2)18(16)6-8-23(21)26-11-12-27-23/h15-18H,3-14H2,1-2H3,(H,24,25)/t15-,16?,17?,18-,20-,21-,22+/m0/s1. The zero-order chi connectivity index (χ0) is 19.2. The molecule has 2 heterocycles. The Morgan fingerprint density at radius 2 is 1.71 bits per heavy atom. The minimum absolute atomic E-state index is 0.189. The monoisotopic (exact) mass is 389 g/mol. The van der Waals surface area contributed by atoms with Gasteiger partial charge in [0.25, 0.3) is 0 Å². The smallest absolute Gasteiger partial charge is 0.407 e. The molecule has 0 aromatic heterocycles. The maximum atomic E-state index is 11.7. The molecular formula is C23H35NO4. The summed E-state index contributed by atoms with van der Waals surface area (Å²) in [7, 11) is 0. The number of ether oxygens (including phenoxy) is 3. The number of rotatable bonds is 0. The molecule has 156 valence electrons. The van der Waals surface area contributed by atoms with E-state index in [0.717, 1.165) is 50.2 Å². The Hall–Kier alpha value is -0.810. The Morgan fingerprint density at radius 3 is 2.46 bits per heavy atom. The lowest BCUT2D eigenvalue weighted by atomic mass is 9.44. The predicted octanol–water partition coefficient (Wildman–Crippen LogP) is 4.25. The van der Waals surface area contributed by atoms with E-state index in [-0.39, 0.29) is 22.9 Å². The number of hydrogen-bond acceptors (Lipinski definition) is 4. The number of amides is 1. The highest BCUT2D eigenvalue weighted by Gasteiger charge is 2.68. The van der Waals surface area contributed by atoms with Crippen LogP contribution < -0.4 is 5.32 Å². The van der Waals surface area contributed by atoms with Crippen LogP contribution in [0.2, 0.25) is 0 Å². The summed E-state index contributed by atoms with van der Waals surface area (Å²) in [5, 5.41) is 2.92. The molecule has 4 aliphatic carbocycles. The summed E-state index contributed by atoms with van der Waals surface area (Å²) in [6.07, 6.45) is 10.6. The molecule has 1 amide bonds. The number of carbonyl (C=O) groups is 1. The molecule has 2 saturated heterocycles. The normalized spacial score (nSPS) is 54.1. The van der Waals surface area contributed by atoms with E-state index in [4.69, 9.17) is 14.2 Å². The fourth-order valence-electron chi connectivity index (χ4n) is 8.95. The summed E-state index contributed by atoms with van der Waals surface area (Å²) >= 11 is 0. The summed E-state index contributed by atoms with van der Waals surface area (Å²) in [6.45, 7) is 7.29. The average Bonchev–Trinajstić information content (AvgIpc) is 3.37. The largest absolute Gasteiger partial charge is 0.441 e. The van der Waals surface area contributed by atoms with Crippen LogP contribution in [0, 0.1) is 34.5 Å². The Kier molecular flexibility index (Phi) is 3.64. The molecule has 2 spiro atoms. The second kappa shape index (κ2) is 5.66. The highest BCUT2D eigenvalue weighted by Crippen LogP contribution is 2.70. The number of carbonyl (C=O) groups excluding carboxylic acids is 1. The van der Waals surface area contributed by atoms with Gasteiger partial charge in [-0.25, -0.2) is 4.79 Å². The Bertz CT molecular complexity index is 690. The Labute approximate surface area is 168 Å². The quantitative estimate of drug-likeness (QED) is 0.673. The van der Waals surface area contributed by atoms with Crippen LogP contribution in [-0.4, -0.2) is 37.2 Å². The van der Waals surface area contributed by atoms with Gasteiger partial charge in [-0.2, -0.15) is 0 Å². The van der Waals surface area contributed by atoms with Gasteiger partial charge in [0.15, 0.2) is 5.79 Å². The average molecular weight is 390 g/mol. The molecule has 1 N–H and O–H groups in total. The summed E-state index contributed by atoms with van der Waals surface area (Å²) in [5.74, 6) is 2.76. The first kappa shape index (κ1) is 18.0. The van der Waals surface area contributed by atoms with Crippen molar-refractivity contribution < 1.29 is 19.0 Å². The molecular weight excluding hydrogens is 354 g/mol. The Balaban J connectivity index is 1.27. The number of alkyl carbamates (subject to hydrolysis) is 1. The molecule has 5 heteroatoms. The molecule has 0 aromatic rings. The van der Waals surface area contributed by atoms with Gasteiger partial charge < -0.3 is 19.5 Å². The second-order valence-electron chi connectivity index (χ2n) is 11.2. The van der Waals surface area contributed by atoms with Crippen molar-refractivity contribution in [3.05, 3.63) is 0 Å². The SMILES string of the molecule is C[C@]12CCC3C(CC[C@H]4C[C@]5(CC[C@]34C)CNC(=O)O5)[C@@H]1CCC21OCCO1. The van der Waals surface area contributed by atoms with Crippen molar-refractivity contribution in [3.63, 3.8) is 0 Å². The third kappa shape index (κ3) is 2.13. The van der Waals surface area contributed by atoms with E-state index in [2.05, 4.69) is 19.2 Å². The number of nitrogens with one attached hydrogen (secondary N) is 1. The van der Waals surface area contributed by atoms with Crippen molar-refractivity contribution in [2.75, 3.05) is 19.8 Å². The predicted molar refractivity (Wildman–Crippen MR) is 104 cm³/mol. The van der Waals surface area contributed by atoms with Gasteiger partial charge in [0.1, 0.15) is 5.60 Å². The summed E-state index contributed by atoms with van der Waals surface area (Å²) in [4.78, 5) is 11.7. The topological polar surface area (TPSA) is 56.8 Å². The molecule has 6 aliphatic rings. The van der Waals surface area contributed by atoms with Gasteiger partial charge in [-0.05, 0) is 80.5 Å². The molecule has 0 bridgehead atoms. The molecule has 6 fully saturated rings. The maximum Gasteiger partial charge on any atom is 0.407 e. The first-order chi connectivity index (χ1) is 13.4. The zero-order valence-corrected chi connectivity index (χ0v) is 17.4. The number of fused-ring (bicyclic) bond motifs is 6. The molecule has 0 radical (unpaired) electrons. The fourth-order valence-corrected chi connectivity index (χ4v) is 8.95. The van der Waals surface area contributed by atoms with E-state index in [1.807, 2.05) is 0 Å². The molecule has 2 unspecified atom stereocenters. The van der Waals surface area contributed by atoms with Crippen LogP contribution >= 0.6 is 0 Å². The van der Waals surface area contributed by atoms with Crippen LogP contribution in [0.1, 0.15) is 71.6 Å². The summed E-state index contributed by atoms with van der Waals surface area (Å²) < 4.78 is 18.3. The molecule has 6 rings (SSSR count). The van der Waals surface area contributed by atoms with Gasteiger partial charge in [-0.15, -0.1) is 0 Å². The number of hydrogen-bond donors (Lipinski definition) is 1. The van der Waals surface area contributed by atoms with E-state index >= 15 is 0 Å². The van der Waals surface area contributed by atoms with Crippen molar-refractivity contribution >= 4 is 6.09 Å². The lowest BCUT2D eigenvalue weighted by Crippen LogP contribution is -2.58. The van der Waals surface area contributed by atoms with Crippen molar-refractivity contribution in [1.29, 1.82) is 0 Å². The minimum Gasteiger partial charge on any atom is -0.441 e. The van der Waals surface area contributed by atoms with Gasteiger partial charge >= 0.3 is 6.09 Å². The van der Waals surface area contributed by atoms with E-state index in [9.17, 15) is 4.79 Å².